The normalized spacial score (nSPS) is 19.0. The Bertz CT molecular complexity index is 419. The summed E-state index contributed by atoms with van der Waals surface area (Å²) in [7, 11) is 0. The number of thiazole rings is 1. The molecule has 0 unspecified atom stereocenters. The number of fused-ring (bicyclic) bond motifs is 1. The lowest BCUT2D eigenvalue weighted by Gasteiger charge is -2.32. The van der Waals surface area contributed by atoms with Crippen LogP contribution in [-0.2, 0) is 12.8 Å². The van der Waals surface area contributed by atoms with Crippen molar-refractivity contribution in [2.24, 2.45) is 0 Å². The molecule has 0 bridgehead atoms. The third kappa shape index (κ3) is 2.80. The smallest absolute Gasteiger partial charge is 0.180 e. The van der Waals surface area contributed by atoms with Crippen LogP contribution >= 0.6 is 11.3 Å². The number of hydrogen-bond acceptors (Lipinski definition) is 4. The summed E-state index contributed by atoms with van der Waals surface area (Å²) >= 11 is 1.64. The Morgan fingerprint density at radius 1 is 1.65 bits per heavy atom. The molecule has 0 aromatic carbocycles. The monoisotopic (exact) mass is 249 g/mol. The lowest BCUT2D eigenvalue weighted by atomic mass is 9.96. The fourth-order valence-corrected chi connectivity index (χ4v) is 3.43. The molecule has 1 aliphatic rings. The first-order valence-electron chi connectivity index (χ1n) is 6.16. The van der Waals surface area contributed by atoms with E-state index in [0.29, 0.717) is 11.2 Å². The number of hydrogen-bond donors (Lipinski definition) is 1. The zero-order chi connectivity index (χ0) is 12.3. The van der Waals surface area contributed by atoms with Crippen LogP contribution < -0.4 is 5.73 Å². The number of rotatable bonds is 4. The third-order valence-electron chi connectivity index (χ3n) is 3.25. The average molecular weight is 249 g/mol. The van der Waals surface area contributed by atoms with Gasteiger partial charge in [0.25, 0.3) is 0 Å². The molecular formula is C13H19N3S. The minimum absolute atomic E-state index is 0.568. The topological polar surface area (TPSA) is 42.2 Å². The summed E-state index contributed by atoms with van der Waals surface area (Å²) in [5.74, 6) is 2.77. The van der Waals surface area contributed by atoms with Crippen molar-refractivity contribution >= 4 is 16.5 Å². The molecule has 1 atom stereocenters. The Kier molecular flexibility index (Phi) is 4.03. The second kappa shape index (κ2) is 5.52. The van der Waals surface area contributed by atoms with Crippen LogP contribution in [0.3, 0.4) is 0 Å². The molecule has 1 aromatic heterocycles. The summed E-state index contributed by atoms with van der Waals surface area (Å²) in [6, 6.07) is 0.568. The fourth-order valence-electron chi connectivity index (χ4n) is 2.48. The van der Waals surface area contributed by atoms with Gasteiger partial charge in [-0.2, -0.15) is 0 Å². The summed E-state index contributed by atoms with van der Waals surface area (Å²) in [6.07, 6.45) is 9.84. The summed E-state index contributed by atoms with van der Waals surface area (Å²) in [5.41, 5.74) is 6.97. The van der Waals surface area contributed by atoms with E-state index in [1.807, 2.05) is 0 Å². The molecule has 17 heavy (non-hydrogen) atoms. The molecular weight excluding hydrogens is 230 g/mol. The molecule has 1 heterocycles. The van der Waals surface area contributed by atoms with E-state index in [9.17, 15) is 0 Å². The maximum atomic E-state index is 5.76. The van der Waals surface area contributed by atoms with Crippen molar-refractivity contribution in [3.05, 3.63) is 10.6 Å². The van der Waals surface area contributed by atoms with E-state index in [0.717, 1.165) is 38.8 Å². The van der Waals surface area contributed by atoms with E-state index >= 15 is 0 Å². The second-order valence-corrected chi connectivity index (χ2v) is 5.61. The molecule has 0 aliphatic heterocycles. The van der Waals surface area contributed by atoms with Gasteiger partial charge in [0.2, 0.25) is 0 Å². The largest absolute Gasteiger partial charge is 0.375 e. The van der Waals surface area contributed by atoms with Crippen molar-refractivity contribution in [2.75, 3.05) is 18.8 Å². The molecule has 1 aliphatic carbocycles. The van der Waals surface area contributed by atoms with E-state index in [4.69, 9.17) is 12.2 Å². The lowest BCUT2D eigenvalue weighted by molar-refractivity contribution is 0.203. The van der Waals surface area contributed by atoms with Crippen LogP contribution in [0.4, 0.5) is 5.13 Å². The first-order valence-corrected chi connectivity index (χ1v) is 6.97. The number of terminal acetylenes is 1. The predicted molar refractivity (Wildman–Crippen MR) is 73.0 cm³/mol. The first-order chi connectivity index (χ1) is 8.24. The third-order valence-corrected chi connectivity index (χ3v) is 4.20. The van der Waals surface area contributed by atoms with Gasteiger partial charge in [-0.25, -0.2) is 4.98 Å². The molecule has 0 saturated carbocycles. The van der Waals surface area contributed by atoms with Gasteiger partial charge in [0.05, 0.1) is 12.2 Å². The number of nitrogens with two attached hydrogens (primary N) is 1. The van der Waals surface area contributed by atoms with E-state index in [-0.39, 0.29) is 0 Å². The van der Waals surface area contributed by atoms with Crippen molar-refractivity contribution in [3.8, 4) is 12.3 Å². The molecule has 0 fully saturated rings. The van der Waals surface area contributed by atoms with Crippen LogP contribution in [0.2, 0.25) is 0 Å². The number of nitrogen functional groups attached to an aromatic ring is 1. The van der Waals surface area contributed by atoms with Crippen molar-refractivity contribution in [1.29, 1.82) is 0 Å². The molecule has 0 radical (unpaired) electrons. The van der Waals surface area contributed by atoms with Gasteiger partial charge in [0.1, 0.15) is 0 Å². The Hall–Kier alpha value is -1.05. The maximum Gasteiger partial charge on any atom is 0.180 e. The Morgan fingerprint density at radius 2 is 2.47 bits per heavy atom. The van der Waals surface area contributed by atoms with Crippen LogP contribution in [0.5, 0.6) is 0 Å². The molecule has 4 heteroatoms. The van der Waals surface area contributed by atoms with Crippen molar-refractivity contribution in [3.63, 3.8) is 0 Å². The quantitative estimate of drug-likeness (QED) is 0.829. The summed E-state index contributed by atoms with van der Waals surface area (Å²) in [4.78, 5) is 8.15. The van der Waals surface area contributed by atoms with Crippen LogP contribution in [0.1, 0.15) is 30.3 Å². The van der Waals surface area contributed by atoms with Gasteiger partial charge in [-0.05, 0) is 32.2 Å². The van der Waals surface area contributed by atoms with E-state index < -0.39 is 0 Å². The fraction of sp³-hybridized carbons (Fsp3) is 0.615. The van der Waals surface area contributed by atoms with Gasteiger partial charge < -0.3 is 5.73 Å². The number of aromatic nitrogens is 1. The van der Waals surface area contributed by atoms with Crippen LogP contribution in [-0.4, -0.2) is 29.0 Å². The van der Waals surface area contributed by atoms with Gasteiger partial charge in [0, 0.05) is 10.9 Å². The molecule has 92 valence electrons. The van der Waals surface area contributed by atoms with Gasteiger partial charge >= 0.3 is 0 Å². The molecule has 2 N–H and O–H groups in total. The molecule has 3 nitrogen and oxygen atoms in total. The van der Waals surface area contributed by atoms with Gasteiger partial charge in [-0.15, -0.1) is 17.8 Å². The summed E-state index contributed by atoms with van der Waals surface area (Å²) in [6.45, 7) is 4.03. The van der Waals surface area contributed by atoms with E-state index in [1.165, 1.54) is 10.6 Å². The maximum absolute atomic E-state index is 5.76. The highest BCUT2D eigenvalue weighted by Gasteiger charge is 2.25. The molecule has 0 amide bonds. The Labute approximate surface area is 107 Å². The molecule has 0 saturated heterocycles. The van der Waals surface area contributed by atoms with Crippen molar-refractivity contribution in [1.82, 2.24) is 9.88 Å². The summed E-state index contributed by atoms with van der Waals surface area (Å²) < 4.78 is 0. The van der Waals surface area contributed by atoms with Crippen LogP contribution in [0.25, 0.3) is 0 Å². The zero-order valence-electron chi connectivity index (χ0n) is 10.3. The van der Waals surface area contributed by atoms with Gasteiger partial charge in [0.15, 0.2) is 5.13 Å². The first kappa shape index (κ1) is 12.4. The number of aryl methyl sites for hydroxylation is 1. The number of anilines is 1. The molecule has 0 spiro atoms. The lowest BCUT2D eigenvalue weighted by Crippen LogP contribution is -2.39. The zero-order valence-corrected chi connectivity index (χ0v) is 11.1. The van der Waals surface area contributed by atoms with Crippen LogP contribution in [0.15, 0.2) is 0 Å². The minimum Gasteiger partial charge on any atom is -0.375 e. The Balaban J connectivity index is 2.07. The van der Waals surface area contributed by atoms with Gasteiger partial charge in [-0.3, -0.25) is 4.90 Å². The molecule has 2 rings (SSSR count). The predicted octanol–water partition coefficient (Wildman–Crippen LogP) is 1.93. The highest BCUT2D eigenvalue weighted by atomic mass is 32.1. The summed E-state index contributed by atoms with van der Waals surface area (Å²) in [5, 5.41) is 0.703. The molecule has 1 aromatic rings. The van der Waals surface area contributed by atoms with Crippen molar-refractivity contribution in [2.45, 2.75) is 38.6 Å². The highest BCUT2D eigenvalue weighted by molar-refractivity contribution is 7.15. The van der Waals surface area contributed by atoms with Crippen molar-refractivity contribution < 1.29 is 0 Å². The average Bonchev–Trinajstić information content (AvgIpc) is 2.67. The number of nitrogens with zero attached hydrogens (tertiary/aromatic N) is 2. The standard InChI is InChI=1S/C13H19N3S/c1-3-7-16(8-4-2)10-5-6-11-12(9-10)17-13(14)15-11/h1,10H,4-9H2,2H3,(H2,14,15)/t10-/m0/s1. The van der Waals surface area contributed by atoms with Gasteiger partial charge in [-0.1, -0.05) is 12.8 Å². The van der Waals surface area contributed by atoms with E-state index in [1.54, 1.807) is 11.3 Å². The second-order valence-electron chi connectivity index (χ2n) is 4.49. The minimum atomic E-state index is 0.568. The van der Waals surface area contributed by atoms with Crippen LogP contribution in [0, 0.1) is 12.3 Å². The SMILES string of the molecule is C#CCN(CCC)[C@H]1CCc2nc(N)sc2C1. The van der Waals surface area contributed by atoms with E-state index in [2.05, 4.69) is 22.7 Å². The Morgan fingerprint density at radius 3 is 3.18 bits per heavy atom. The highest BCUT2D eigenvalue weighted by Crippen LogP contribution is 2.30.